The third-order valence-corrected chi connectivity index (χ3v) is 5.32. The van der Waals surface area contributed by atoms with Crippen LogP contribution in [0.4, 0.5) is 0 Å². The molecule has 6 heteroatoms. The van der Waals surface area contributed by atoms with Gasteiger partial charge in [0.25, 0.3) is 5.91 Å². The van der Waals surface area contributed by atoms with E-state index in [1.807, 2.05) is 32.0 Å². The van der Waals surface area contributed by atoms with Crippen LogP contribution in [0.2, 0.25) is 0 Å². The first kappa shape index (κ1) is 17.3. The van der Waals surface area contributed by atoms with E-state index < -0.39 is 11.4 Å². The molecule has 0 bridgehead atoms. The van der Waals surface area contributed by atoms with E-state index in [4.69, 9.17) is 9.47 Å². The quantitative estimate of drug-likeness (QED) is 0.907. The molecular weight excluding hydrogens is 322 g/mol. The zero-order valence-electron chi connectivity index (χ0n) is 14.7. The minimum atomic E-state index is -0.868. The number of nitrogens with zero attached hydrogens (tertiary/aromatic N) is 1. The molecule has 1 amide bonds. The van der Waals surface area contributed by atoms with Gasteiger partial charge in [-0.05, 0) is 36.6 Å². The molecule has 2 aliphatic heterocycles. The van der Waals surface area contributed by atoms with Crippen molar-refractivity contribution in [2.75, 3.05) is 26.8 Å². The third-order valence-electron chi connectivity index (χ3n) is 5.32. The molecule has 1 aromatic carbocycles. The van der Waals surface area contributed by atoms with E-state index in [-0.39, 0.29) is 25.0 Å². The van der Waals surface area contributed by atoms with Crippen molar-refractivity contribution < 1.29 is 24.2 Å². The van der Waals surface area contributed by atoms with E-state index >= 15 is 0 Å². The highest BCUT2D eigenvalue weighted by molar-refractivity contribution is 5.99. The summed E-state index contributed by atoms with van der Waals surface area (Å²) in [4.78, 5) is 26.2. The highest BCUT2D eigenvalue weighted by Gasteiger charge is 2.48. The molecule has 1 unspecified atom stereocenters. The Morgan fingerprint density at radius 3 is 2.72 bits per heavy atom. The molecule has 1 N–H and O–H groups in total. The predicted molar refractivity (Wildman–Crippen MR) is 92.6 cm³/mol. The van der Waals surface area contributed by atoms with Crippen molar-refractivity contribution in [1.82, 2.24) is 4.90 Å². The minimum absolute atomic E-state index is 0.0376. The number of carbonyl (C=O) groups excluding carboxylic acids is 1. The average molecular weight is 345 g/mol. The van der Waals surface area contributed by atoms with Crippen molar-refractivity contribution in [3.05, 3.63) is 29.3 Å². The van der Waals surface area contributed by atoms with Gasteiger partial charge in [-0.1, -0.05) is 13.8 Å². The summed E-state index contributed by atoms with van der Waals surface area (Å²) in [5.74, 6) is 0.377. The molecule has 0 spiro atoms. The monoisotopic (exact) mass is 345 g/mol. The molecule has 1 atom stereocenters. The van der Waals surface area contributed by atoms with Crippen LogP contribution in [0.1, 0.15) is 25.8 Å². The van der Waals surface area contributed by atoms with Gasteiger partial charge in [-0.25, -0.2) is 0 Å². The van der Waals surface area contributed by atoms with Gasteiger partial charge >= 0.3 is 5.97 Å². The van der Waals surface area contributed by atoms with Gasteiger partial charge in [-0.3, -0.25) is 9.59 Å². The molecule has 25 heavy (non-hydrogen) atoms. The van der Waals surface area contributed by atoms with Gasteiger partial charge in [-0.2, -0.15) is 0 Å². The molecule has 0 aromatic heterocycles. The molecule has 0 aliphatic carbocycles. The fourth-order valence-electron chi connectivity index (χ4n) is 3.51. The molecule has 1 saturated heterocycles. The number of ether oxygens (including phenoxy) is 2. The first-order valence-electron chi connectivity index (χ1n) is 8.41. The number of carbonyl (C=O) groups is 2. The summed E-state index contributed by atoms with van der Waals surface area (Å²) in [5.41, 5.74) is 0.458. The fourth-order valence-corrected chi connectivity index (χ4v) is 3.51. The lowest BCUT2D eigenvalue weighted by molar-refractivity contribution is -0.151. The number of hydrogen-bond acceptors (Lipinski definition) is 4. The van der Waals surface area contributed by atoms with Gasteiger partial charge in [-0.15, -0.1) is 0 Å². The first-order chi connectivity index (χ1) is 11.9. The molecule has 6 nitrogen and oxygen atoms in total. The summed E-state index contributed by atoms with van der Waals surface area (Å²) in [6.07, 6.45) is 2.28. The lowest BCUT2D eigenvalue weighted by Gasteiger charge is -2.29. The number of methoxy groups -OCH3 is 1. The molecule has 2 heterocycles. The smallest absolute Gasteiger partial charge is 0.311 e. The maximum atomic E-state index is 12.9. The normalized spacial score (nSPS) is 22.2. The second kappa shape index (κ2) is 6.43. The van der Waals surface area contributed by atoms with E-state index in [0.717, 1.165) is 5.56 Å². The number of aliphatic carboxylic acids is 1. The number of carboxylic acids is 1. The van der Waals surface area contributed by atoms with Crippen molar-refractivity contribution in [1.29, 1.82) is 0 Å². The second-order valence-electron chi connectivity index (χ2n) is 6.95. The summed E-state index contributed by atoms with van der Waals surface area (Å²) in [6.45, 7) is 4.67. The average Bonchev–Trinajstić information content (AvgIpc) is 3.07. The van der Waals surface area contributed by atoms with Crippen LogP contribution >= 0.6 is 0 Å². The fraction of sp³-hybridized carbons (Fsp3) is 0.474. The predicted octanol–water partition coefficient (Wildman–Crippen LogP) is 2.43. The van der Waals surface area contributed by atoms with Crippen LogP contribution in [0.25, 0.3) is 6.08 Å². The summed E-state index contributed by atoms with van der Waals surface area (Å²) < 4.78 is 10.9. The van der Waals surface area contributed by atoms with Crippen molar-refractivity contribution in [2.24, 2.45) is 11.3 Å². The lowest BCUT2D eigenvalue weighted by Crippen LogP contribution is -2.41. The van der Waals surface area contributed by atoms with Crippen molar-refractivity contribution in [3.63, 3.8) is 0 Å². The number of fused-ring (bicyclic) bond motifs is 1. The molecule has 1 aromatic rings. The molecule has 0 saturated carbocycles. The van der Waals surface area contributed by atoms with Crippen LogP contribution in [-0.2, 0) is 9.59 Å². The zero-order valence-corrected chi connectivity index (χ0v) is 14.7. The number of likely N-dealkylation sites (tertiary alicyclic amines) is 1. The number of benzene rings is 1. The van der Waals surface area contributed by atoms with Crippen LogP contribution in [0, 0.1) is 11.3 Å². The van der Waals surface area contributed by atoms with E-state index in [2.05, 4.69) is 0 Å². The van der Waals surface area contributed by atoms with Gasteiger partial charge < -0.3 is 19.5 Å². The Bertz CT molecular complexity index is 739. The Labute approximate surface area is 147 Å². The molecule has 3 rings (SSSR count). The molecule has 134 valence electrons. The van der Waals surface area contributed by atoms with Gasteiger partial charge in [0.05, 0.1) is 18.1 Å². The SMILES string of the molecule is COc1ccc2c(c1)C=C(C(=O)N1CCC(C(=O)O)(C(C)C)C1)CO2. The van der Waals surface area contributed by atoms with Gasteiger partial charge in [0.2, 0.25) is 0 Å². The Morgan fingerprint density at radius 1 is 1.36 bits per heavy atom. The van der Waals surface area contributed by atoms with E-state index in [1.165, 1.54) is 0 Å². The first-order valence-corrected chi connectivity index (χ1v) is 8.41. The van der Waals surface area contributed by atoms with Crippen LogP contribution < -0.4 is 9.47 Å². The Hall–Kier alpha value is -2.50. The topological polar surface area (TPSA) is 76.1 Å². The molecule has 1 fully saturated rings. The molecule has 2 aliphatic rings. The van der Waals surface area contributed by atoms with E-state index in [9.17, 15) is 14.7 Å². The number of carboxylic acid groups (broad SMARTS) is 1. The third kappa shape index (κ3) is 2.97. The largest absolute Gasteiger partial charge is 0.497 e. The van der Waals surface area contributed by atoms with Crippen LogP contribution in [-0.4, -0.2) is 48.7 Å². The summed E-state index contributed by atoms with van der Waals surface area (Å²) in [7, 11) is 1.59. The van der Waals surface area contributed by atoms with E-state index in [0.29, 0.717) is 30.0 Å². The van der Waals surface area contributed by atoms with Crippen molar-refractivity contribution >= 4 is 18.0 Å². The highest BCUT2D eigenvalue weighted by Crippen LogP contribution is 2.39. The van der Waals surface area contributed by atoms with E-state index in [1.54, 1.807) is 18.1 Å². The van der Waals surface area contributed by atoms with Gasteiger partial charge in [0.15, 0.2) is 0 Å². The Morgan fingerprint density at radius 2 is 2.12 bits per heavy atom. The number of hydrogen-bond donors (Lipinski definition) is 1. The number of rotatable bonds is 4. The van der Waals surface area contributed by atoms with Crippen molar-refractivity contribution in [3.8, 4) is 11.5 Å². The van der Waals surface area contributed by atoms with Gasteiger partial charge in [0, 0.05) is 18.7 Å². The Balaban J connectivity index is 1.82. The summed E-state index contributed by atoms with van der Waals surface area (Å²) >= 11 is 0. The lowest BCUT2D eigenvalue weighted by atomic mass is 9.76. The second-order valence-corrected chi connectivity index (χ2v) is 6.95. The Kier molecular flexibility index (Phi) is 4.45. The maximum absolute atomic E-state index is 12.9. The van der Waals surface area contributed by atoms with Crippen molar-refractivity contribution in [2.45, 2.75) is 20.3 Å². The number of amides is 1. The van der Waals surface area contributed by atoms with Crippen LogP contribution in [0.5, 0.6) is 11.5 Å². The van der Waals surface area contributed by atoms with Crippen LogP contribution in [0.15, 0.2) is 23.8 Å². The van der Waals surface area contributed by atoms with Gasteiger partial charge in [0.1, 0.15) is 18.1 Å². The van der Waals surface area contributed by atoms with Crippen LogP contribution in [0.3, 0.4) is 0 Å². The highest BCUT2D eigenvalue weighted by atomic mass is 16.5. The summed E-state index contributed by atoms with van der Waals surface area (Å²) in [6, 6.07) is 5.45. The molecular formula is C19H23NO5. The summed E-state index contributed by atoms with van der Waals surface area (Å²) in [5, 5.41) is 9.64. The zero-order chi connectivity index (χ0) is 18.2. The maximum Gasteiger partial charge on any atom is 0.311 e. The molecule has 0 radical (unpaired) electrons. The minimum Gasteiger partial charge on any atom is -0.497 e. The standard InChI is InChI=1S/C19H23NO5/c1-12(2)19(18(22)23)6-7-20(11-19)17(21)14-8-13-9-15(24-3)4-5-16(13)25-10-14/h4-5,8-9,12H,6-7,10-11H2,1-3H3,(H,22,23).